The van der Waals surface area contributed by atoms with Gasteiger partial charge in [-0.3, -0.25) is 4.79 Å². The largest absolute Gasteiger partial charge is 0.456 e. The molecule has 8 heteroatoms. The van der Waals surface area contributed by atoms with Crippen LogP contribution < -0.4 is 11.1 Å². The summed E-state index contributed by atoms with van der Waals surface area (Å²) in [6.45, 7) is 4.03. The van der Waals surface area contributed by atoms with E-state index in [9.17, 15) is 4.79 Å². The number of aromatic nitrogens is 3. The van der Waals surface area contributed by atoms with Gasteiger partial charge in [-0.1, -0.05) is 18.7 Å². The van der Waals surface area contributed by atoms with Gasteiger partial charge in [0.05, 0.1) is 0 Å². The summed E-state index contributed by atoms with van der Waals surface area (Å²) in [6.07, 6.45) is 3.04. The quantitative estimate of drug-likeness (QED) is 0.772. The molecule has 1 aliphatic heterocycles. The summed E-state index contributed by atoms with van der Waals surface area (Å²) in [7, 11) is 2.01. The topological polar surface area (TPSA) is 99.0 Å². The molecule has 3 N–H and O–H groups in total. The third-order valence-electron chi connectivity index (χ3n) is 4.35. The highest BCUT2D eigenvalue weighted by Gasteiger charge is 2.22. The second-order valence-electron chi connectivity index (χ2n) is 6.01. The Kier molecular flexibility index (Phi) is 5.25. The molecule has 0 spiro atoms. The Morgan fingerprint density at radius 1 is 1.54 bits per heavy atom. The molecular formula is C16H23N5O2S. The first-order chi connectivity index (χ1) is 11.6. The maximum Gasteiger partial charge on any atom is 0.284 e. The lowest BCUT2D eigenvalue weighted by Crippen LogP contribution is -2.29. The molecule has 0 aromatic carbocycles. The number of thioether (sulfide) groups is 1. The van der Waals surface area contributed by atoms with E-state index in [0.29, 0.717) is 11.7 Å². The number of primary amides is 1. The van der Waals surface area contributed by atoms with E-state index < -0.39 is 5.91 Å². The van der Waals surface area contributed by atoms with Crippen LogP contribution in [0.4, 0.5) is 0 Å². The molecule has 24 heavy (non-hydrogen) atoms. The molecular weight excluding hydrogens is 326 g/mol. The minimum absolute atomic E-state index is 0.217. The maximum absolute atomic E-state index is 11.3. The summed E-state index contributed by atoms with van der Waals surface area (Å²) < 4.78 is 7.58. The van der Waals surface area contributed by atoms with E-state index in [1.165, 1.54) is 6.42 Å². The number of carbonyl (C=O) groups is 1. The molecule has 130 valence electrons. The summed E-state index contributed by atoms with van der Waals surface area (Å²) in [6, 6.07) is 1.73. The van der Waals surface area contributed by atoms with E-state index in [2.05, 4.69) is 20.1 Å². The Morgan fingerprint density at radius 3 is 3.04 bits per heavy atom. The minimum Gasteiger partial charge on any atom is -0.456 e. The van der Waals surface area contributed by atoms with E-state index in [1.807, 2.05) is 14.0 Å². The zero-order valence-electron chi connectivity index (χ0n) is 14.0. The minimum atomic E-state index is -0.535. The molecule has 1 saturated heterocycles. The van der Waals surface area contributed by atoms with Crippen molar-refractivity contribution in [2.75, 3.05) is 13.1 Å². The molecule has 1 aliphatic rings. The van der Waals surface area contributed by atoms with Crippen LogP contribution in [0, 0.1) is 0 Å². The van der Waals surface area contributed by atoms with Crippen molar-refractivity contribution in [2.45, 2.75) is 43.0 Å². The van der Waals surface area contributed by atoms with E-state index in [-0.39, 0.29) is 5.76 Å². The van der Waals surface area contributed by atoms with Crippen molar-refractivity contribution in [3.63, 3.8) is 0 Å². The fraction of sp³-hybridized carbons (Fsp3) is 0.562. The summed E-state index contributed by atoms with van der Waals surface area (Å²) >= 11 is 1.60. The zero-order valence-corrected chi connectivity index (χ0v) is 14.9. The van der Waals surface area contributed by atoms with Crippen molar-refractivity contribution in [3.8, 4) is 0 Å². The molecule has 1 atom stereocenters. The van der Waals surface area contributed by atoms with Crippen LogP contribution in [0.2, 0.25) is 0 Å². The van der Waals surface area contributed by atoms with Gasteiger partial charge in [0.1, 0.15) is 11.6 Å². The van der Waals surface area contributed by atoms with Gasteiger partial charge in [-0.25, -0.2) is 0 Å². The molecule has 3 heterocycles. The number of piperidine rings is 1. The first kappa shape index (κ1) is 17.0. The number of nitrogens with one attached hydrogen (secondary N) is 1. The number of amides is 1. The van der Waals surface area contributed by atoms with Gasteiger partial charge in [0.15, 0.2) is 10.9 Å². The maximum atomic E-state index is 11.3. The van der Waals surface area contributed by atoms with Crippen LogP contribution in [0.15, 0.2) is 15.6 Å². The molecule has 0 unspecified atom stereocenters. The van der Waals surface area contributed by atoms with Crippen LogP contribution in [-0.2, 0) is 19.2 Å². The molecule has 1 fully saturated rings. The highest BCUT2D eigenvalue weighted by molar-refractivity contribution is 7.98. The number of hydrogen-bond donors (Lipinski definition) is 2. The normalized spacial score (nSPS) is 18.0. The lowest BCUT2D eigenvalue weighted by molar-refractivity contribution is 0.0972. The predicted molar refractivity (Wildman–Crippen MR) is 92.0 cm³/mol. The molecule has 0 saturated carbocycles. The fourth-order valence-corrected chi connectivity index (χ4v) is 3.95. The van der Waals surface area contributed by atoms with Crippen molar-refractivity contribution >= 4 is 17.7 Å². The lowest BCUT2D eigenvalue weighted by Gasteiger charge is -2.21. The Morgan fingerprint density at radius 2 is 2.38 bits per heavy atom. The average molecular weight is 349 g/mol. The molecule has 2 aromatic rings. The Labute approximate surface area is 145 Å². The van der Waals surface area contributed by atoms with Crippen LogP contribution in [0.3, 0.4) is 0 Å². The van der Waals surface area contributed by atoms with E-state index in [4.69, 9.17) is 10.2 Å². The van der Waals surface area contributed by atoms with Gasteiger partial charge in [-0.2, -0.15) is 0 Å². The monoisotopic (exact) mass is 349 g/mol. The van der Waals surface area contributed by atoms with Gasteiger partial charge in [-0.15, -0.1) is 10.2 Å². The second kappa shape index (κ2) is 7.40. The molecule has 1 amide bonds. The first-order valence-electron chi connectivity index (χ1n) is 8.24. The smallest absolute Gasteiger partial charge is 0.284 e. The number of furan rings is 1. The third-order valence-corrected chi connectivity index (χ3v) is 5.42. The number of aryl methyl sites for hydroxylation is 1. The number of nitrogens with zero attached hydrogens (tertiary/aromatic N) is 3. The van der Waals surface area contributed by atoms with Crippen molar-refractivity contribution in [2.24, 2.45) is 12.8 Å². The van der Waals surface area contributed by atoms with Gasteiger partial charge < -0.3 is 20.0 Å². The summed E-state index contributed by atoms with van der Waals surface area (Å²) in [5, 5.41) is 13.0. The van der Waals surface area contributed by atoms with Crippen molar-refractivity contribution in [1.29, 1.82) is 0 Å². The number of hydrogen-bond acceptors (Lipinski definition) is 6. The van der Waals surface area contributed by atoms with Crippen LogP contribution >= 0.6 is 11.8 Å². The van der Waals surface area contributed by atoms with Crippen LogP contribution in [0.25, 0.3) is 0 Å². The summed E-state index contributed by atoms with van der Waals surface area (Å²) in [5.74, 6) is 2.61. The number of rotatable bonds is 6. The van der Waals surface area contributed by atoms with Gasteiger partial charge in [0, 0.05) is 37.2 Å². The van der Waals surface area contributed by atoms with Gasteiger partial charge in [0.2, 0.25) is 0 Å². The molecule has 0 radical (unpaired) electrons. The fourth-order valence-electron chi connectivity index (χ4n) is 3.03. The van der Waals surface area contributed by atoms with E-state index in [0.717, 1.165) is 48.2 Å². The van der Waals surface area contributed by atoms with Crippen molar-refractivity contribution < 1.29 is 9.21 Å². The SMILES string of the molecule is CCc1oc(C(N)=O)cc1CSc1nnc([C@@H]2CCCNC2)n1C. The lowest BCUT2D eigenvalue weighted by atomic mass is 9.99. The number of nitrogens with two attached hydrogens (primary N) is 1. The summed E-state index contributed by atoms with van der Waals surface area (Å²) in [4.78, 5) is 11.3. The molecule has 3 rings (SSSR count). The average Bonchev–Trinajstić information content (AvgIpc) is 3.17. The highest BCUT2D eigenvalue weighted by atomic mass is 32.2. The first-order valence-corrected chi connectivity index (χ1v) is 9.22. The third kappa shape index (κ3) is 3.49. The van der Waals surface area contributed by atoms with Gasteiger partial charge in [0.25, 0.3) is 5.91 Å². The Bertz CT molecular complexity index is 718. The molecule has 0 aliphatic carbocycles. The zero-order chi connectivity index (χ0) is 17.1. The van der Waals surface area contributed by atoms with Crippen LogP contribution in [0.5, 0.6) is 0 Å². The second-order valence-corrected chi connectivity index (χ2v) is 6.95. The van der Waals surface area contributed by atoms with Gasteiger partial charge >= 0.3 is 0 Å². The van der Waals surface area contributed by atoms with Crippen molar-refractivity contribution in [3.05, 3.63) is 29.0 Å². The van der Waals surface area contributed by atoms with Crippen LogP contribution in [-0.4, -0.2) is 33.8 Å². The molecule has 7 nitrogen and oxygen atoms in total. The van der Waals surface area contributed by atoms with Crippen molar-refractivity contribution in [1.82, 2.24) is 20.1 Å². The van der Waals surface area contributed by atoms with E-state index >= 15 is 0 Å². The highest BCUT2D eigenvalue weighted by Crippen LogP contribution is 2.28. The Balaban J connectivity index is 1.71. The molecule has 0 bridgehead atoms. The van der Waals surface area contributed by atoms with Crippen LogP contribution in [0.1, 0.15) is 53.4 Å². The summed E-state index contributed by atoms with van der Waals surface area (Å²) in [5.41, 5.74) is 6.28. The predicted octanol–water partition coefficient (Wildman–Crippen LogP) is 1.83. The Hall–Kier alpha value is -1.80. The number of carbonyl (C=O) groups excluding carboxylic acids is 1. The van der Waals surface area contributed by atoms with Gasteiger partial charge in [-0.05, 0) is 25.5 Å². The standard InChI is InChI=1S/C16H23N5O2S/c1-3-12-11(7-13(23-12)14(17)22)9-24-16-20-19-15(21(16)2)10-5-4-6-18-8-10/h7,10,18H,3-6,8-9H2,1-2H3,(H2,17,22)/t10-/m1/s1. The van der Waals surface area contributed by atoms with E-state index in [1.54, 1.807) is 17.8 Å². The molecule has 2 aromatic heterocycles.